The summed E-state index contributed by atoms with van der Waals surface area (Å²) in [6.45, 7) is 5.35. The van der Waals surface area contributed by atoms with Gasteiger partial charge in [0, 0.05) is 26.2 Å². The first kappa shape index (κ1) is 23.9. The van der Waals surface area contributed by atoms with Crippen molar-refractivity contribution < 1.29 is 9.53 Å². The number of hydrogen-bond acceptors (Lipinski definition) is 6. The number of aromatic nitrogens is 3. The van der Waals surface area contributed by atoms with Gasteiger partial charge in [-0.3, -0.25) is 9.36 Å². The number of likely N-dealkylation sites (tertiary alicyclic amines) is 1. The molecule has 0 atom stereocenters. The van der Waals surface area contributed by atoms with E-state index in [9.17, 15) is 4.79 Å². The highest BCUT2D eigenvalue weighted by atomic mass is 32.2. The van der Waals surface area contributed by atoms with Gasteiger partial charge in [-0.05, 0) is 36.3 Å². The Hall–Kier alpha value is -2.84. The Morgan fingerprint density at radius 3 is 2.23 bits per heavy atom. The smallest absolute Gasteiger partial charge is 0.233 e. The molecular formula is C27H33N5O2S. The molecule has 0 radical (unpaired) electrons. The van der Waals surface area contributed by atoms with Crippen LogP contribution in [0.25, 0.3) is 0 Å². The molecule has 2 fully saturated rings. The van der Waals surface area contributed by atoms with Crippen LogP contribution in [0.3, 0.4) is 0 Å². The van der Waals surface area contributed by atoms with Crippen molar-refractivity contribution in [1.82, 2.24) is 19.7 Å². The van der Waals surface area contributed by atoms with Gasteiger partial charge in [-0.1, -0.05) is 72.4 Å². The number of piperidine rings is 1. The van der Waals surface area contributed by atoms with E-state index < -0.39 is 0 Å². The monoisotopic (exact) mass is 491 g/mol. The lowest BCUT2D eigenvalue weighted by Crippen LogP contribution is -2.40. The van der Waals surface area contributed by atoms with Crippen LogP contribution in [0.4, 0.5) is 5.95 Å². The van der Waals surface area contributed by atoms with Crippen LogP contribution in [0.2, 0.25) is 0 Å². The van der Waals surface area contributed by atoms with E-state index in [1.165, 1.54) is 22.9 Å². The molecule has 1 aromatic heterocycles. The van der Waals surface area contributed by atoms with Crippen molar-refractivity contribution in [2.75, 3.05) is 50.0 Å². The zero-order valence-electron chi connectivity index (χ0n) is 20.1. The number of amides is 1. The van der Waals surface area contributed by atoms with E-state index in [0.717, 1.165) is 56.5 Å². The van der Waals surface area contributed by atoms with Crippen LogP contribution >= 0.6 is 11.8 Å². The molecule has 35 heavy (non-hydrogen) atoms. The number of morpholine rings is 1. The molecule has 7 nitrogen and oxygen atoms in total. The SMILES string of the molecule is O=C(CSc1nnc(N2CCOCC2)n1Cc1ccccc1)N1CCC(Cc2ccccc2)CC1. The molecule has 0 saturated carbocycles. The molecule has 0 bridgehead atoms. The lowest BCUT2D eigenvalue weighted by molar-refractivity contribution is -0.129. The number of nitrogens with zero attached hydrogens (tertiary/aromatic N) is 5. The van der Waals surface area contributed by atoms with E-state index >= 15 is 0 Å². The molecule has 1 amide bonds. The molecule has 184 valence electrons. The third kappa shape index (κ3) is 6.24. The summed E-state index contributed by atoms with van der Waals surface area (Å²) in [7, 11) is 0. The fourth-order valence-electron chi connectivity index (χ4n) is 4.84. The molecule has 3 aromatic rings. The molecule has 5 rings (SSSR count). The van der Waals surface area contributed by atoms with Gasteiger partial charge in [-0.2, -0.15) is 0 Å². The second kappa shape index (κ2) is 11.7. The van der Waals surface area contributed by atoms with Crippen molar-refractivity contribution in [2.45, 2.75) is 31.0 Å². The van der Waals surface area contributed by atoms with Crippen molar-refractivity contribution >= 4 is 23.6 Å². The molecule has 3 heterocycles. The number of hydrogen-bond donors (Lipinski definition) is 0. The topological polar surface area (TPSA) is 63.5 Å². The van der Waals surface area contributed by atoms with Crippen LogP contribution < -0.4 is 4.90 Å². The van der Waals surface area contributed by atoms with Crippen LogP contribution in [-0.2, 0) is 22.5 Å². The first-order chi connectivity index (χ1) is 17.3. The molecule has 0 unspecified atom stereocenters. The van der Waals surface area contributed by atoms with Gasteiger partial charge in [0.05, 0.1) is 25.5 Å². The largest absolute Gasteiger partial charge is 0.378 e. The molecular weight excluding hydrogens is 458 g/mol. The van der Waals surface area contributed by atoms with Crippen molar-refractivity contribution in [2.24, 2.45) is 5.92 Å². The molecule has 0 spiro atoms. The zero-order chi connectivity index (χ0) is 23.9. The number of carbonyl (C=O) groups excluding carboxylic acids is 1. The average molecular weight is 492 g/mol. The lowest BCUT2D eigenvalue weighted by atomic mass is 9.90. The van der Waals surface area contributed by atoms with Gasteiger partial charge in [-0.25, -0.2) is 0 Å². The molecule has 2 aliphatic heterocycles. The van der Waals surface area contributed by atoms with Crippen LogP contribution in [-0.4, -0.2) is 70.7 Å². The summed E-state index contributed by atoms with van der Waals surface area (Å²) in [5.41, 5.74) is 2.58. The van der Waals surface area contributed by atoms with E-state index in [2.05, 4.69) is 62.1 Å². The Bertz CT molecular complexity index is 1080. The number of carbonyl (C=O) groups is 1. The summed E-state index contributed by atoms with van der Waals surface area (Å²) in [6, 6.07) is 21.0. The second-order valence-electron chi connectivity index (χ2n) is 9.26. The number of thioether (sulfide) groups is 1. The van der Waals surface area contributed by atoms with Gasteiger partial charge in [0.2, 0.25) is 11.9 Å². The molecule has 0 aliphatic carbocycles. The van der Waals surface area contributed by atoms with Crippen molar-refractivity contribution in [3.63, 3.8) is 0 Å². The van der Waals surface area contributed by atoms with Crippen molar-refractivity contribution in [1.29, 1.82) is 0 Å². The maximum absolute atomic E-state index is 13.0. The van der Waals surface area contributed by atoms with Crippen molar-refractivity contribution in [3.8, 4) is 0 Å². The minimum absolute atomic E-state index is 0.190. The average Bonchev–Trinajstić information content (AvgIpc) is 3.31. The number of anilines is 1. The minimum atomic E-state index is 0.190. The predicted octanol–water partition coefficient (Wildman–Crippen LogP) is 3.74. The maximum atomic E-state index is 13.0. The summed E-state index contributed by atoms with van der Waals surface area (Å²) in [5.74, 6) is 2.09. The van der Waals surface area contributed by atoms with Crippen LogP contribution in [0.1, 0.15) is 24.0 Å². The molecule has 2 aliphatic rings. The van der Waals surface area contributed by atoms with E-state index in [-0.39, 0.29) is 5.91 Å². The second-order valence-corrected chi connectivity index (χ2v) is 10.2. The zero-order valence-corrected chi connectivity index (χ0v) is 20.9. The molecule has 0 N–H and O–H groups in total. The van der Waals surface area contributed by atoms with E-state index in [1.807, 2.05) is 23.1 Å². The minimum Gasteiger partial charge on any atom is -0.378 e. The fraction of sp³-hybridized carbons (Fsp3) is 0.444. The predicted molar refractivity (Wildman–Crippen MR) is 139 cm³/mol. The van der Waals surface area contributed by atoms with Gasteiger partial charge < -0.3 is 14.5 Å². The Kier molecular flexibility index (Phi) is 8.00. The standard InChI is InChI=1S/C27H33N5O2S/c33-25(30-13-11-23(12-14-30)19-22-7-3-1-4-8-22)21-35-27-29-28-26(31-15-17-34-18-16-31)32(27)20-24-9-5-2-6-10-24/h1-10,23H,11-21H2. The van der Waals surface area contributed by atoms with Gasteiger partial charge in [-0.15, -0.1) is 10.2 Å². The highest BCUT2D eigenvalue weighted by Crippen LogP contribution is 2.26. The van der Waals surface area contributed by atoms with Gasteiger partial charge in [0.25, 0.3) is 0 Å². The summed E-state index contributed by atoms with van der Waals surface area (Å²) >= 11 is 1.50. The molecule has 2 saturated heterocycles. The van der Waals surface area contributed by atoms with Crippen molar-refractivity contribution in [3.05, 3.63) is 71.8 Å². The third-order valence-electron chi connectivity index (χ3n) is 6.83. The summed E-state index contributed by atoms with van der Waals surface area (Å²) in [4.78, 5) is 17.3. The van der Waals surface area contributed by atoms with Crippen LogP contribution in [0.5, 0.6) is 0 Å². The van der Waals surface area contributed by atoms with E-state index in [4.69, 9.17) is 4.74 Å². The Morgan fingerprint density at radius 2 is 1.54 bits per heavy atom. The first-order valence-corrected chi connectivity index (χ1v) is 13.5. The van der Waals surface area contributed by atoms with E-state index in [0.29, 0.717) is 31.4 Å². The maximum Gasteiger partial charge on any atom is 0.233 e. The Morgan fingerprint density at radius 1 is 0.886 bits per heavy atom. The van der Waals surface area contributed by atoms with Gasteiger partial charge in [0.1, 0.15) is 0 Å². The first-order valence-electron chi connectivity index (χ1n) is 12.5. The quantitative estimate of drug-likeness (QED) is 0.448. The van der Waals surface area contributed by atoms with Crippen LogP contribution in [0, 0.1) is 5.92 Å². The summed E-state index contributed by atoms with van der Waals surface area (Å²) in [5, 5.41) is 9.79. The van der Waals surface area contributed by atoms with Gasteiger partial charge in [0.15, 0.2) is 5.16 Å². The van der Waals surface area contributed by atoms with Crippen LogP contribution in [0.15, 0.2) is 65.8 Å². The fourth-order valence-corrected chi connectivity index (χ4v) is 5.68. The lowest BCUT2D eigenvalue weighted by Gasteiger charge is -2.32. The Labute approximate surface area is 211 Å². The summed E-state index contributed by atoms with van der Waals surface area (Å²) in [6.07, 6.45) is 3.23. The molecule has 8 heteroatoms. The number of benzene rings is 2. The van der Waals surface area contributed by atoms with E-state index in [1.54, 1.807) is 0 Å². The van der Waals surface area contributed by atoms with Gasteiger partial charge >= 0.3 is 0 Å². The number of rotatable bonds is 8. The third-order valence-corrected chi connectivity index (χ3v) is 7.79. The normalized spacial score (nSPS) is 17.0. The highest BCUT2D eigenvalue weighted by Gasteiger charge is 2.25. The molecule has 2 aromatic carbocycles. The summed E-state index contributed by atoms with van der Waals surface area (Å²) < 4.78 is 7.66. The number of ether oxygens (including phenoxy) is 1. The highest BCUT2D eigenvalue weighted by molar-refractivity contribution is 7.99. The Balaban J connectivity index is 1.19.